The maximum atomic E-state index is 14.9. The summed E-state index contributed by atoms with van der Waals surface area (Å²) in [5, 5.41) is 9.61. The minimum Gasteiger partial charge on any atom is -0.393 e. The molecule has 2 aromatic heterocycles. The van der Waals surface area contributed by atoms with Crippen molar-refractivity contribution in [3.05, 3.63) is 35.5 Å². The third kappa shape index (κ3) is 3.66. The van der Waals surface area contributed by atoms with Gasteiger partial charge in [-0.2, -0.15) is 9.97 Å². The van der Waals surface area contributed by atoms with Gasteiger partial charge in [-0.05, 0) is 57.2 Å². The van der Waals surface area contributed by atoms with Crippen LogP contribution in [0.3, 0.4) is 0 Å². The minimum atomic E-state index is -4.07. The Morgan fingerprint density at radius 3 is 2.58 bits per heavy atom. The third-order valence-electron chi connectivity index (χ3n) is 6.79. The van der Waals surface area contributed by atoms with E-state index in [1.807, 2.05) is 0 Å². The first-order valence-corrected chi connectivity index (χ1v) is 12.1. The predicted octanol–water partition coefficient (Wildman–Crippen LogP) is 1.48. The number of nitrogens with two attached hydrogens (primary N) is 1. The molecule has 10 nitrogen and oxygen atoms in total. The van der Waals surface area contributed by atoms with E-state index in [4.69, 9.17) is 10.5 Å². The van der Waals surface area contributed by atoms with Crippen LogP contribution < -0.4 is 10.5 Å². The first-order valence-electron chi connectivity index (χ1n) is 10.6. The van der Waals surface area contributed by atoms with E-state index < -0.39 is 27.0 Å². The van der Waals surface area contributed by atoms with Gasteiger partial charge in [-0.1, -0.05) is 0 Å². The molecule has 0 spiro atoms. The maximum Gasteiger partial charge on any atom is 0.241 e. The summed E-state index contributed by atoms with van der Waals surface area (Å²) in [4.78, 5) is 12.5. The molecule has 2 saturated heterocycles. The normalized spacial score (nSPS) is 25.1. The summed E-state index contributed by atoms with van der Waals surface area (Å²) in [6.45, 7) is 3.31. The van der Waals surface area contributed by atoms with Gasteiger partial charge < -0.3 is 15.6 Å². The fourth-order valence-corrected chi connectivity index (χ4v) is 6.14. The molecule has 0 unspecified atom stereocenters. The van der Waals surface area contributed by atoms with Crippen LogP contribution in [0.1, 0.15) is 37.1 Å². The monoisotopic (exact) mass is 476 g/mol. The number of rotatable bonds is 5. The van der Waals surface area contributed by atoms with Crippen LogP contribution >= 0.6 is 0 Å². The second-order valence-corrected chi connectivity index (χ2v) is 10.7. The van der Waals surface area contributed by atoms with Gasteiger partial charge in [0.1, 0.15) is 11.6 Å². The van der Waals surface area contributed by atoms with Crippen molar-refractivity contribution >= 4 is 21.7 Å². The number of ether oxygens (including phenoxy) is 1. The van der Waals surface area contributed by atoms with E-state index in [9.17, 15) is 17.9 Å². The Balaban J connectivity index is 1.52. The van der Waals surface area contributed by atoms with Crippen LogP contribution in [-0.4, -0.2) is 57.2 Å². The Labute approximate surface area is 190 Å². The summed E-state index contributed by atoms with van der Waals surface area (Å²) in [6.07, 6.45) is 3.75. The Kier molecular flexibility index (Phi) is 4.98. The average Bonchev–Trinajstić information content (AvgIpc) is 3.20. The molecular weight excluding hydrogens is 451 g/mol. The number of anilines is 1. The number of fused-ring (bicyclic) bond motifs is 4. The zero-order valence-electron chi connectivity index (χ0n) is 18.3. The Bertz CT molecular complexity index is 1350. The van der Waals surface area contributed by atoms with Crippen molar-refractivity contribution in [1.82, 2.24) is 24.1 Å². The fraction of sp³-hybridized carbons (Fsp3) is 0.476. The molecule has 2 bridgehead atoms. The highest BCUT2D eigenvalue weighted by Gasteiger charge is 2.51. The molecule has 0 amide bonds. The smallest absolute Gasteiger partial charge is 0.241 e. The van der Waals surface area contributed by atoms with Crippen LogP contribution in [0, 0.1) is 19.7 Å². The highest BCUT2D eigenvalue weighted by molar-refractivity contribution is 7.89. The van der Waals surface area contributed by atoms with Crippen molar-refractivity contribution in [3.63, 3.8) is 0 Å². The maximum absolute atomic E-state index is 14.9. The molecule has 3 fully saturated rings. The fourth-order valence-electron chi connectivity index (χ4n) is 4.66. The lowest BCUT2D eigenvalue weighted by molar-refractivity contribution is -0.175. The lowest BCUT2D eigenvalue weighted by atomic mass is 9.72. The number of nitrogens with zero attached hydrogens (tertiary/aromatic N) is 4. The zero-order valence-corrected chi connectivity index (χ0v) is 19.1. The van der Waals surface area contributed by atoms with Crippen LogP contribution in [0.4, 0.5) is 10.3 Å². The van der Waals surface area contributed by atoms with Crippen LogP contribution in [0.25, 0.3) is 17.0 Å². The molecule has 6 rings (SSSR count). The molecule has 1 saturated carbocycles. The number of nitrogen functional groups attached to an aromatic ring is 1. The summed E-state index contributed by atoms with van der Waals surface area (Å²) in [7, 11) is -4.07. The molecule has 12 heteroatoms. The Morgan fingerprint density at radius 1 is 1.21 bits per heavy atom. The highest BCUT2D eigenvalue weighted by atomic mass is 32.2. The molecule has 0 radical (unpaired) electrons. The van der Waals surface area contributed by atoms with E-state index in [1.165, 1.54) is 10.5 Å². The van der Waals surface area contributed by atoms with Gasteiger partial charge in [-0.3, -0.25) is 4.40 Å². The summed E-state index contributed by atoms with van der Waals surface area (Å²) in [5.41, 5.74) is 5.49. The number of aryl methyl sites for hydroxylation is 1. The van der Waals surface area contributed by atoms with E-state index in [2.05, 4.69) is 19.7 Å². The molecule has 3 aliphatic rings. The molecular formula is C21H25FN6O4S. The van der Waals surface area contributed by atoms with E-state index in [0.29, 0.717) is 42.8 Å². The van der Waals surface area contributed by atoms with Gasteiger partial charge in [0.2, 0.25) is 21.7 Å². The van der Waals surface area contributed by atoms with Crippen molar-refractivity contribution in [1.29, 1.82) is 0 Å². The first kappa shape index (κ1) is 22.1. The molecule has 176 valence electrons. The number of nitrogens with one attached hydrogen (secondary N) is 1. The molecule has 4 N–H and O–H groups in total. The lowest BCUT2D eigenvalue weighted by Crippen LogP contribution is -2.63. The van der Waals surface area contributed by atoms with Gasteiger partial charge in [0.05, 0.1) is 34.9 Å². The van der Waals surface area contributed by atoms with Crippen molar-refractivity contribution in [2.45, 2.75) is 55.6 Å². The molecule has 33 heavy (non-hydrogen) atoms. The topological polar surface area (TPSA) is 145 Å². The number of hydrogen-bond donors (Lipinski definition) is 3. The Hall–Kier alpha value is -2.67. The minimum absolute atomic E-state index is 0.0875. The van der Waals surface area contributed by atoms with Crippen LogP contribution in [0.2, 0.25) is 0 Å². The van der Waals surface area contributed by atoms with Gasteiger partial charge in [0.15, 0.2) is 0 Å². The summed E-state index contributed by atoms with van der Waals surface area (Å²) in [5.74, 6) is 0.231. The standard InChI is InChI=1S/C21H25FN6O4S/c1-12-15(17-9-28-18(23)24-13(2)25-19(28)26-17)7-14(8-16(12)22)33(30,31)27-20-3-5-21(10-29,6-4-20)32-11-20/h7-9,27,29H,3-6,10-11H2,1-2H3,(H2,23,24,25,26). The van der Waals surface area contributed by atoms with Crippen LogP contribution in [-0.2, 0) is 14.8 Å². The van der Waals surface area contributed by atoms with Gasteiger partial charge >= 0.3 is 0 Å². The van der Waals surface area contributed by atoms with Crippen molar-refractivity contribution < 1.29 is 22.7 Å². The first-order chi connectivity index (χ1) is 15.6. The number of imidazole rings is 1. The molecule has 0 atom stereocenters. The highest BCUT2D eigenvalue weighted by Crippen LogP contribution is 2.44. The summed E-state index contributed by atoms with van der Waals surface area (Å²) < 4.78 is 51.5. The van der Waals surface area contributed by atoms with Gasteiger partial charge in [-0.15, -0.1) is 0 Å². The molecule has 1 aromatic carbocycles. The van der Waals surface area contributed by atoms with Gasteiger partial charge in [0, 0.05) is 11.8 Å². The molecule has 2 aliphatic heterocycles. The van der Waals surface area contributed by atoms with Gasteiger partial charge in [-0.25, -0.2) is 22.5 Å². The van der Waals surface area contributed by atoms with E-state index in [0.717, 1.165) is 6.07 Å². The average molecular weight is 477 g/mol. The number of sulfonamides is 1. The van der Waals surface area contributed by atoms with E-state index >= 15 is 0 Å². The number of hydrogen-bond acceptors (Lipinski definition) is 8. The quantitative estimate of drug-likeness (QED) is 0.502. The van der Waals surface area contributed by atoms with Crippen LogP contribution in [0.15, 0.2) is 23.2 Å². The molecule has 1 aliphatic carbocycles. The van der Waals surface area contributed by atoms with E-state index in [-0.39, 0.29) is 35.4 Å². The Morgan fingerprint density at radius 2 is 1.94 bits per heavy atom. The molecule has 3 aromatic rings. The van der Waals surface area contributed by atoms with E-state index in [1.54, 1.807) is 20.0 Å². The number of aliphatic hydroxyl groups excluding tert-OH is 1. The van der Waals surface area contributed by atoms with Crippen molar-refractivity contribution in [2.24, 2.45) is 0 Å². The third-order valence-corrected chi connectivity index (χ3v) is 8.35. The van der Waals surface area contributed by atoms with Crippen molar-refractivity contribution in [2.75, 3.05) is 18.9 Å². The van der Waals surface area contributed by atoms with Crippen LogP contribution in [0.5, 0.6) is 0 Å². The van der Waals surface area contributed by atoms with Gasteiger partial charge in [0.25, 0.3) is 0 Å². The largest absolute Gasteiger partial charge is 0.393 e. The molecule has 4 heterocycles. The second-order valence-electron chi connectivity index (χ2n) is 9.02. The number of aliphatic hydroxyl groups is 1. The summed E-state index contributed by atoms with van der Waals surface area (Å²) >= 11 is 0. The lowest BCUT2D eigenvalue weighted by Gasteiger charge is -2.52. The van der Waals surface area contributed by atoms with Crippen molar-refractivity contribution in [3.8, 4) is 11.3 Å². The predicted molar refractivity (Wildman–Crippen MR) is 117 cm³/mol. The summed E-state index contributed by atoms with van der Waals surface area (Å²) in [6, 6.07) is 2.41. The SMILES string of the molecule is Cc1nc(N)n2cc(-c3cc(S(=O)(=O)NC45CCC(CO)(CC4)OC5)cc(F)c3C)nc2n1. The number of benzene rings is 1. The number of aromatic nitrogens is 4. The zero-order chi connectivity index (χ0) is 23.6. The number of halogens is 1. The second kappa shape index (κ2) is 7.42.